The topological polar surface area (TPSA) is 30.5 Å². The minimum Gasteiger partial charge on any atom is -0.355 e. The van der Waals surface area contributed by atoms with E-state index in [-0.39, 0.29) is 0 Å². The summed E-state index contributed by atoms with van der Waals surface area (Å²) in [6, 6.07) is 0.508. The van der Waals surface area contributed by atoms with Crippen molar-refractivity contribution in [2.24, 2.45) is 5.41 Å². The second kappa shape index (κ2) is 5.10. The molecule has 2 atom stereocenters. The molecule has 1 aliphatic rings. The molecule has 0 aromatic rings. The van der Waals surface area contributed by atoms with Crippen LogP contribution in [0.3, 0.4) is 0 Å². The van der Waals surface area contributed by atoms with Crippen LogP contribution in [0.5, 0.6) is 0 Å². The van der Waals surface area contributed by atoms with Crippen LogP contribution < -0.4 is 5.32 Å². The molecule has 14 heavy (non-hydrogen) atoms. The van der Waals surface area contributed by atoms with E-state index in [1.165, 1.54) is 0 Å². The van der Waals surface area contributed by atoms with E-state index in [1.54, 1.807) is 0 Å². The van der Waals surface area contributed by atoms with Crippen LogP contribution in [0.4, 0.5) is 0 Å². The van der Waals surface area contributed by atoms with Crippen LogP contribution in [-0.4, -0.2) is 32.1 Å². The highest BCUT2D eigenvalue weighted by Crippen LogP contribution is 2.18. The third-order valence-corrected chi connectivity index (χ3v) is 2.92. The minimum absolute atomic E-state index is 0.311. The standard InChI is InChI=1S/C11H23NO2/c1-9(11(2,3)4)12-7-10-5-6-13-8-14-10/h9-10,12H,5-8H2,1-4H3. The van der Waals surface area contributed by atoms with Crippen LogP contribution in [0.2, 0.25) is 0 Å². The summed E-state index contributed by atoms with van der Waals surface area (Å²) in [7, 11) is 0. The zero-order valence-corrected chi connectivity index (χ0v) is 9.80. The van der Waals surface area contributed by atoms with Crippen LogP contribution in [0.15, 0.2) is 0 Å². The van der Waals surface area contributed by atoms with Gasteiger partial charge in [-0.3, -0.25) is 0 Å². The molecule has 0 radical (unpaired) electrons. The van der Waals surface area contributed by atoms with Crippen molar-refractivity contribution in [3.8, 4) is 0 Å². The van der Waals surface area contributed by atoms with Gasteiger partial charge >= 0.3 is 0 Å². The Bertz CT molecular complexity index is 159. The molecule has 1 rings (SSSR count). The molecule has 0 aromatic carbocycles. The summed E-state index contributed by atoms with van der Waals surface area (Å²) >= 11 is 0. The van der Waals surface area contributed by atoms with Crippen molar-refractivity contribution >= 4 is 0 Å². The van der Waals surface area contributed by atoms with E-state index in [2.05, 4.69) is 33.0 Å². The van der Waals surface area contributed by atoms with Gasteiger partial charge in [-0.1, -0.05) is 20.8 Å². The molecule has 3 heteroatoms. The molecule has 1 fully saturated rings. The molecule has 0 spiro atoms. The molecule has 1 heterocycles. The van der Waals surface area contributed by atoms with Crippen LogP contribution in [0, 0.1) is 5.41 Å². The van der Waals surface area contributed by atoms with E-state index in [0.29, 0.717) is 24.4 Å². The Hall–Kier alpha value is -0.120. The zero-order chi connectivity index (χ0) is 10.6. The Morgan fingerprint density at radius 2 is 2.14 bits per heavy atom. The summed E-state index contributed by atoms with van der Waals surface area (Å²) in [5.41, 5.74) is 0.311. The van der Waals surface area contributed by atoms with Gasteiger partial charge in [0.1, 0.15) is 6.79 Å². The summed E-state index contributed by atoms with van der Waals surface area (Å²) in [5.74, 6) is 0. The van der Waals surface area contributed by atoms with Crippen molar-refractivity contribution in [1.82, 2.24) is 5.32 Å². The van der Waals surface area contributed by atoms with E-state index >= 15 is 0 Å². The molecule has 0 saturated carbocycles. The lowest BCUT2D eigenvalue weighted by Gasteiger charge is -2.31. The van der Waals surface area contributed by atoms with Crippen molar-refractivity contribution in [2.75, 3.05) is 19.9 Å². The molecule has 2 unspecified atom stereocenters. The average Bonchev–Trinajstić information content (AvgIpc) is 2.14. The molecule has 0 aliphatic carbocycles. The summed E-state index contributed by atoms with van der Waals surface area (Å²) in [6.07, 6.45) is 1.33. The van der Waals surface area contributed by atoms with Gasteiger partial charge in [0, 0.05) is 12.6 Å². The van der Waals surface area contributed by atoms with Gasteiger partial charge in [0.05, 0.1) is 12.7 Å². The van der Waals surface area contributed by atoms with Crippen LogP contribution >= 0.6 is 0 Å². The Morgan fingerprint density at radius 1 is 1.43 bits per heavy atom. The van der Waals surface area contributed by atoms with Gasteiger partial charge in [-0.25, -0.2) is 0 Å². The third kappa shape index (κ3) is 3.95. The lowest BCUT2D eigenvalue weighted by molar-refractivity contribution is -0.137. The van der Waals surface area contributed by atoms with Gasteiger partial charge in [-0.2, -0.15) is 0 Å². The number of nitrogens with one attached hydrogen (secondary N) is 1. The Morgan fingerprint density at radius 3 is 2.64 bits per heavy atom. The Labute approximate surface area is 87.2 Å². The van der Waals surface area contributed by atoms with Gasteiger partial charge in [-0.15, -0.1) is 0 Å². The molecule has 1 N–H and O–H groups in total. The molecule has 0 aromatic heterocycles. The highest BCUT2D eigenvalue weighted by atomic mass is 16.7. The van der Waals surface area contributed by atoms with E-state index in [4.69, 9.17) is 9.47 Å². The maximum atomic E-state index is 5.46. The smallest absolute Gasteiger partial charge is 0.147 e. The predicted octanol–water partition coefficient (Wildman–Crippen LogP) is 1.77. The molecule has 1 aliphatic heterocycles. The molecular formula is C11H23NO2. The van der Waals surface area contributed by atoms with E-state index in [0.717, 1.165) is 19.6 Å². The molecular weight excluding hydrogens is 178 g/mol. The summed E-state index contributed by atoms with van der Waals surface area (Å²) in [4.78, 5) is 0. The maximum Gasteiger partial charge on any atom is 0.147 e. The quantitative estimate of drug-likeness (QED) is 0.755. The fraction of sp³-hybridized carbons (Fsp3) is 1.00. The fourth-order valence-corrected chi connectivity index (χ4v) is 1.28. The largest absolute Gasteiger partial charge is 0.355 e. The zero-order valence-electron chi connectivity index (χ0n) is 9.80. The fourth-order valence-electron chi connectivity index (χ4n) is 1.28. The predicted molar refractivity (Wildman–Crippen MR) is 57.2 cm³/mol. The SMILES string of the molecule is CC(NCC1CCOCO1)C(C)(C)C. The number of hydrogen-bond donors (Lipinski definition) is 1. The number of ether oxygens (including phenoxy) is 2. The van der Waals surface area contributed by atoms with Crippen molar-refractivity contribution in [2.45, 2.75) is 46.3 Å². The van der Waals surface area contributed by atoms with Crippen LogP contribution in [0.25, 0.3) is 0 Å². The van der Waals surface area contributed by atoms with E-state index in [9.17, 15) is 0 Å². The Kier molecular flexibility index (Phi) is 4.35. The van der Waals surface area contributed by atoms with Crippen molar-refractivity contribution in [1.29, 1.82) is 0 Å². The molecule has 1 saturated heterocycles. The summed E-state index contributed by atoms with van der Waals surface area (Å²) < 4.78 is 10.6. The Balaban J connectivity index is 2.19. The highest BCUT2D eigenvalue weighted by Gasteiger charge is 2.21. The minimum atomic E-state index is 0.311. The van der Waals surface area contributed by atoms with Crippen molar-refractivity contribution in [3.63, 3.8) is 0 Å². The first kappa shape index (κ1) is 12.0. The first-order valence-corrected chi connectivity index (χ1v) is 5.43. The van der Waals surface area contributed by atoms with Crippen LogP contribution in [-0.2, 0) is 9.47 Å². The number of hydrogen-bond acceptors (Lipinski definition) is 3. The molecule has 84 valence electrons. The van der Waals surface area contributed by atoms with Crippen molar-refractivity contribution in [3.05, 3.63) is 0 Å². The molecule has 0 bridgehead atoms. The normalized spacial score (nSPS) is 26.1. The first-order chi connectivity index (χ1) is 6.50. The van der Waals surface area contributed by atoms with Gasteiger partial charge in [-0.05, 0) is 18.8 Å². The van der Waals surface area contributed by atoms with Gasteiger partial charge in [0.25, 0.3) is 0 Å². The average molecular weight is 201 g/mol. The van der Waals surface area contributed by atoms with E-state index in [1.807, 2.05) is 0 Å². The van der Waals surface area contributed by atoms with Gasteiger partial charge in [0.15, 0.2) is 0 Å². The summed E-state index contributed by atoms with van der Waals surface area (Å²) in [5, 5.41) is 3.51. The lowest BCUT2D eigenvalue weighted by atomic mass is 9.88. The first-order valence-electron chi connectivity index (χ1n) is 5.43. The maximum absolute atomic E-state index is 5.46. The number of rotatable bonds is 3. The highest BCUT2D eigenvalue weighted by molar-refractivity contribution is 4.77. The van der Waals surface area contributed by atoms with E-state index < -0.39 is 0 Å². The second-order valence-electron chi connectivity index (χ2n) is 5.10. The molecule has 0 amide bonds. The monoisotopic (exact) mass is 201 g/mol. The lowest BCUT2D eigenvalue weighted by Crippen LogP contribution is -2.43. The third-order valence-electron chi connectivity index (χ3n) is 2.92. The van der Waals surface area contributed by atoms with Crippen LogP contribution in [0.1, 0.15) is 34.1 Å². The summed E-state index contributed by atoms with van der Waals surface area (Å²) in [6.45, 7) is 11.2. The van der Waals surface area contributed by atoms with Gasteiger partial charge in [0.2, 0.25) is 0 Å². The molecule has 3 nitrogen and oxygen atoms in total. The van der Waals surface area contributed by atoms with Gasteiger partial charge < -0.3 is 14.8 Å². The second-order valence-corrected chi connectivity index (χ2v) is 5.10. The van der Waals surface area contributed by atoms with Crippen molar-refractivity contribution < 1.29 is 9.47 Å².